The number of anilines is 2. The van der Waals surface area contributed by atoms with Crippen molar-refractivity contribution in [1.82, 2.24) is 15.0 Å². The summed E-state index contributed by atoms with van der Waals surface area (Å²) in [7, 11) is 3.30. The first-order valence-corrected chi connectivity index (χ1v) is 8.07. The Balaban J connectivity index is 1.93. The number of fused-ring (bicyclic) bond motifs is 1. The first-order valence-electron chi connectivity index (χ1n) is 7.69. The van der Waals surface area contributed by atoms with Gasteiger partial charge in [0.05, 0.1) is 19.3 Å². The molecule has 0 fully saturated rings. The SMILES string of the molecule is CNc1nc(N[C@@H](C)c2cc3cc(Cl)ccc3[nH]c2=O)ncc1OC. The van der Waals surface area contributed by atoms with Gasteiger partial charge in [-0.25, -0.2) is 4.98 Å². The smallest absolute Gasteiger partial charge is 0.253 e. The number of aromatic amines is 1. The van der Waals surface area contributed by atoms with Gasteiger partial charge in [-0.05, 0) is 31.2 Å². The normalized spacial score (nSPS) is 12.0. The Morgan fingerprint density at radius 3 is 2.84 bits per heavy atom. The molecule has 0 bridgehead atoms. The van der Waals surface area contributed by atoms with Gasteiger partial charge in [0.15, 0.2) is 11.6 Å². The average molecular weight is 360 g/mol. The lowest BCUT2D eigenvalue weighted by Gasteiger charge is -2.15. The standard InChI is InChI=1S/C17H18ClN5O2/c1-9(21-17-20-8-14(25-3)15(19-2)23-17)12-7-10-6-11(18)4-5-13(10)22-16(12)24/h4-9H,1-3H3,(H,22,24)(H2,19,20,21,23)/t9-/m0/s1. The van der Waals surface area contributed by atoms with Crippen LogP contribution in [0.3, 0.4) is 0 Å². The Hall–Kier alpha value is -2.80. The predicted octanol–water partition coefficient (Wildman–Crippen LogP) is 3.19. The number of aromatic nitrogens is 3. The number of ether oxygens (including phenoxy) is 1. The molecule has 0 spiro atoms. The van der Waals surface area contributed by atoms with Crippen LogP contribution < -0.4 is 20.9 Å². The number of H-pyrrole nitrogens is 1. The second-order valence-corrected chi connectivity index (χ2v) is 5.95. The summed E-state index contributed by atoms with van der Waals surface area (Å²) in [5, 5.41) is 7.55. The lowest BCUT2D eigenvalue weighted by molar-refractivity contribution is 0.413. The molecule has 7 nitrogen and oxygen atoms in total. The summed E-state index contributed by atoms with van der Waals surface area (Å²) in [6.45, 7) is 1.87. The van der Waals surface area contributed by atoms with E-state index in [9.17, 15) is 4.79 Å². The van der Waals surface area contributed by atoms with Gasteiger partial charge in [-0.3, -0.25) is 4.79 Å². The summed E-state index contributed by atoms with van der Waals surface area (Å²) >= 11 is 6.04. The van der Waals surface area contributed by atoms with Gasteiger partial charge in [0.1, 0.15) is 0 Å². The van der Waals surface area contributed by atoms with E-state index in [1.54, 1.807) is 32.5 Å². The number of halogens is 1. The molecule has 0 aliphatic rings. The van der Waals surface area contributed by atoms with Crippen LogP contribution in [0.25, 0.3) is 10.9 Å². The Morgan fingerprint density at radius 2 is 2.12 bits per heavy atom. The lowest BCUT2D eigenvalue weighted by atomic mass is 10.1. The Kier molecular flexibility index (Phi) is 4.76. The highest BCUT2D eigenvalue weighted by molar-refractivity contribution is 6.31. The van der Waals surface area contributed by atoms with E-state index in [1.807, 2.05) is 19.1 Å². The summed E-state index contributed by atoms with van der Waals surface area (Å²) in [4.78, 5) is 23.8. The maximum Gasteiger partial charge on any atom is 0.253 e. The fourth-order valence-corrected chi connectivity index (χ4v) is 2.74. The molecule has 0 amide bonds. The number of nitrogens with zero attached hydrogens (tertiary/aromatic N) is 2. The highest BCUT2D eigenvalue weighted by atomic mass is 35.5. The number of hydrogen-bond donors (Lipinski definition) is 3. The van der Waals surface area contributed by atoms with Crippen molar-refractivity contribution in [2.45, 2.75) is 13.0 Å². The molecule has 2 aromatic heterocycles. The number of rotatable bonds is 5. The average Bonchev–Trinajstić information content (AvgIpc) is 2.61. The van der Waals surface area contributed by atoms with Gasteiger partial charge in [0.25, 0.3) is 5.56 Å². The monoisotopic (exact) mass is 359 g/mol. The molecule has 130 valence electrons. The maximum atomic E-state index is 12.4. The summed E-state index contributed by atoms with van der Waals surface area (Å²) in [5.74, 6) is 1.49. The zero-order valence-electron chi connectivity index (χ0n) is 14.1. The fourth-order valence-electron chi connectivity index (χ4n) is 2.56. The van der Waals surface area contributed by atoms with E-state index in [0.717, 1.165) is 10.9 Å². The van der Waals surface area contributed by atoms with Gasteiger partial charge in [0.2, 0.25) is 5.95 Å². The molecule has 3 aromatic rings. The zero-order chi connectivity index (χ0) is 18.0. The number of hydrogen-bond acceptors (Lipinski definition) is 6. The first kappa shape index (κ1) is 17.0. The van der Waals surface area contributed by atoms with Gasteiger partial charge in [0, 0.05) is 28.5 Å². The molecule has 8 heteroatoms. The van der Waals surface area contributed by atoms with Crippen molar-refractivity contribution in [1.29, 1.82) is 0 Å². The molecule has 2 heterocycles. The molecule has 1 aromatic carbocycles. The molecule has 0 unspecified atom stereocenters. The molecule has 25 heavy (non-hydrogen) atoms. The van der Waals surface area contributed by atoms with E-state index < -0.39 is 0 Å². The number of nitrogens with one attached hydrogen (secondary N) is 3. The molecule has 0 saturated carbocycles. The van der Waals surface area contributed by atoms with Crippen LogP contribution in [0.5, 0.6) is 5.75 Å². The topological polar surface area (TPSA) is 91.9 Å². The van der Waals surface area contributed by atoms with Gasteiger partial charge < -0.3 is 20.4 Å². The van der Waals surface area contributed by atoms with E-state index in [4.69, 9.17) is 16.3 Å². The molecule has 3 N–H and O–H groups in total. The highest BCUT2D eigenvalue weighted by Gasteiger charge is 2.14. The second kappa shape index (κ2) is 6.98. The van der Waals surface area contributed by atoms with Crippen LogP contribution in [0.4, 0.5) is 11.8 Å². The molecule has 3 rings (SSSR count). The Morgan fingerprint density at radius 1 is 1.32 bits per heavy atom. The summed E-state index contributed by atoms with van der Waals surface area (Å²) in [6.07, 6.45) is 1.57. The maximum absolute atomic E-state index is 12.4. The van der Waals surface area contributed by atoms with Crippen molar-refractivity contribution in [3.63, 3.8) is 0 Å². The Labute approximate surface area is 149 Å². The fraction of sp³-hybridized carbons (Fsp3) is 0.235. The van der Waals surface area contributed by atoms with Crippen molar-refractivity contribution >= 4 is 34.3 Å². The van der Waals surface area contributed by atoms with Gasteiger partial charge >= 0.3 is 0 Å². The zero-order valence-corrected chi connectivity index (χ0v) is 14.8. The van der Waals surface area contributed by atoms with Crippen LogP contribution in [-0.2, 0) is 0 Å². The van der Waals surface area contributed by atoms with E-state index >= 15 is 0 Å². The third-order valence-electron chi connectivity index (χ3n) is 3.86. The minimum atomic E-state index is -0.301. The molecule has 0 aliphatic carbocycles. The lowest BCUT2D eigenvalue weighted by Crippen LogP contribution is -2.20. The van der Waals surface area contributed by atoms with Crippen LogP contribution in [-0.4, -0.2) is 29.1 Å². The largest absolute Gasteiger partial charge is 0.491 e. The molecular weight excluding hydrogens is 342 g/mol. The van der Waals surface area contributed by atoms with E-state index in [1.165, 1.54) is 0 Å². The van der Waals surface area contributed by atoms with Gasteiger partial charge in [-0.15, -0.1) is 0 Å². The van der Waals surface area contributed by atoms with Crippen LogP contribution in [0.15, 0.2) is 35.3 Å². The van der Waals surface area contributed by atoms with Crippen molar-refractivity contribution in [3.05, 3.63) is 51.4 Å². The minimum Gasteiger partial charge on any atom is -0.491 e. The molecule has 0 saturated heterocycles. The number of pyridine rings is 1. The van der Waals surface area contributed by atoms with E-state index in [0.29, 0.717) is 28.1 Å². The Bertz CT molecular complexity index is 973. The quantitative estimate of drug-likeness (QED) is 0.648. The summed E-state index contributed by atoms with van der Waals surface area (Å²) in [5.41, 5.74) is 1.14. The number of benzene rings is 1. The van der Waals surface area contributed by atoms with Crippen LogP contribution >= 0.6 is 11.6 Å². The third kappa shape index (κ3) is 3.51. The van der Waals surface area contributed by atoms with Crippen molar-refractivity contribution in [2.24, 2.45) is 0 Å². The number of methoxy groups -OCH3 is 1. The van der Waals surface area contributed by atoms with Crippen LogP contribution in [0.1, 0.15) is 18.5 Å². The van der Waals surface area contributed by atoms with Gasteiger partial charge in [-0.2, -0.15) is 4.98 Å². The van der Waals surface area contributed by atoms with Crippen molar-refractivity contribution in [3.8, 4) is 5.75 Å². The van der Waals surface area contributed by atoms with Crippen molar-refractivity contribution < 1.29 is 4.74 Å². The van der Waals surface area contributed by atoms with Crippen molar-refractivity contribution in [2.75, 3.05) is 24.8 Å². The summed E-state index contributed by atoms with van der Waals surface area (Å²) < 4.78 is 5.18. The molecular formula is C17H18ClN5O2. The minimum absolute atomic E-state index is 0.169. The summed E-state index contributed by atoms with van der Waals surface area (Å²) in [6, 6.07) is 6.86. The van der Waals surface area contributed by atoms with Gasteiger partial charge in [-0.1, -0.05) is 11.6 Å². The predicted molar refractivity (Wildman–Crippen MR) is 99.7 cm³/mol. The van der Waals surface area contributed by atoms with Crippen LogP contribution in [0.2, 0.25) is 5.02 Å². The van der Waals surface area contributed by atoms with E-state index in [-0.39, 0.29) is 11.6 Å². The molecule has 0 radical (unpaired) electrons. The molecule has 1 atom stereocenters. The first-order chi connectivity index (χ1) is 12.0. The van der Waals surface area contributed by atoms with E-state index in [2.05, 4.69) is 25.6 Å². The second-order valence-electron chi connectivity index (χ2n) is 5.51. The highest BCUT2D eigenvalue weighted by Crippen LogP contribution is 2.24. The molecule has 0 aliphatic heterocycles. The van der Waals surface area contributed by atoms with Crippen LogP contribution in [0, 0.1) is 0 Å². The third-order valence-corrected chi connectivity index (χ3v) is 4.09.